The molecule has 0 aliphatic rings. The first kappa shape index (κ1) is 16.2. The number of hydrogen-bond acceptors (Lipinski definition) is 5. The van der Waals surface area contributed by atoms with E-state index in [1.54, 1.807) is 26.2 Å². The number of esters is 2. The molecule has 0 bridgehead atoms. The number of ether oxygens (including phenoxy) is 2. The lowest BCUT2D eigenvalue weighted by atomic mass is 10.2. The van der Waals surface area contributed by atoms with Gasteiger partial charge in [0.15, 0.2) is 0 Å². The fourth-order valence-corrected chi connectivity index (χ4v) is 2.45. The van der Waals surface area contributed by atoms with E-state index in [-0.39, 0.29) is 6.61 Å². The topological polar surface area (TPSA) is 52.6 Å². The number of hydrogen-bond donors (Lipinski definition) is 0. The van der Waals surface area contributed by atoms with E-state index in [0.29, 0.717) is 10.4 Å². The zero-order valence-electron chi connectivity index (χ0n) is 12.8. The summed E-state index contributed by atoms with van der Waals surface area (Å²) in [5, 5.41) is 1.60. The molecular weight excluding hydrogens is 300 g/mol. The number of carbonyl (C=O) groups excluding carboxylic acids is 2. The van der Waals surface area contributed by atoms with Crippen LogP contribution in [0.5, 0.6) is 0 Å². The Bertz CT molecular complexity index is 653. The zero-order chi connectivity index (χ0) is 16.2. The third-order valence-corrected chi connectivity index (χ3v) is 3.56. The Hall–Kier alpha value is -2.14. The molecule has 0 atom stereocenters. The summed E-state index contributed by atoms with van der Waals surface area (Å²) in [6.07, 6.45) is 0. The van der Waals surface area contributed by atoms with Crippen molar-refractivity contribution < 1.29 is 19.1 Å². The van der Waals surface area contributed by atoms with Gasteiger partial charge in [0.05, 0.1) is 5.56 Å². The smallest absolute Gasteiger partial charge is 0.348 e. The monoisotopic (exact) mass is 318 g/mol. The molecule has 0 saturated heterocycles. The summed E-state index contributed by atoms with van der Waals surface area (Å²) in [5.74, 6) is -0.880. The molecule has 1 aromatic heterocycles. The van der Waals surface area contributed by atoms with Crippen molar-refractivity contribution in [2.75, 3.05) is 0 Å². The van der Waals surface area contributed by atoms with Crippen LogP contribution < -0.4 is 0 Å². The Kier molecular flexibility index (Phi) is 4.98. The van der Waals surface area contributed by atoms with Gasteiger partial charge in [-0.05, 0) is 32.4 Å². The molecule has 0 fully saturated rings. The van der Waals surface area contributed by atoms with Crippen LogP contribution in [0.4, 0.5) is 0 Å². The van der Waals surface area contributed by atoms with Gasteiger partial charge in [0.2, 0.25) is 0 Å². The molecule has 5 heteroatoms. The average molecular weight is 318 g/mol. The Morgan fingerprint density at radius 3 is 2.41 bits per heavy atom. The quantitative estimate of drug-likeness (QED) is 0.798. The summed E-state index contributed by atoms with van der Waals surface area (Å²) in [4.78, 5) is 24.3. The second kappa shape index (κ2) is 6.75. The molecule has 116 valence electrons. The normalized spacial score (nSPS) is 11.0. The Labute approximate surface area is 133 Å². The van der Waals surface area contributed by atoms with E-state index in [1.807, 2.05) is 30.3 Å². The van der Waals surface area contributed by atoms with E-state index in [4.69, 9.17) is 9.47 Å². The summed E-state index contributed by atoms with van der Waals surface area (Å²) in [5.41, 5.74) is 0.721. The van der Waals surface area contributed by atoms with E-state index in [1.165, 1.54) is 17.4 Å². The second-order valence-corrected chi connectivity index (χ2v) is 6.67. The van der Waals surface area contributed by atoms with Gasteiger partial charge >= 0.3 is 11.9 Å². The molecule has 0 radical (unpaired) electrons. The van der Waals surface area contributed by atoms with Gasteiger partial charge in [0.25, 0.3) is 0 Å². The first-order chi connectivity index (χ1) is 10.3. The fraction of sp³-hybridized carbons (Fsp3) is 0.294. The lowest BCUT2D eigenvalue weighted by Gasteiger charge is -2.18. The maximum Gasteiger partial charge on any atom is 0.348 e. The lowest BCUT2D eigenvalue weighted by Crippen LogP contribution is -2.23. The molecule has 1 aromatic carbocycles. The summed E-state index contributed by atoms with van der Waals surface area (Å²) in [6, 6.07) is 10.9. The highest BCUT2D eigenvalue weighted by molar-refractivity contribution is 7.12. The van der Waals surface area contributed by atoms with Gasteiger partial charge in [-0.15, -0.1) is 11.3 Å². The predicted molar refractivity (Wildman–Crippen MR) is 85.0 cm³/mol. The Balaban J connectivity index is 1.96. The Morgan fingerprint density at radius 1 is 1.09 bits per heavy atom. The van der Waals surface area contributed by atoms with Crippen molar-refractivity contribution in [2.45, 2.75) is 33.0 Å². The summed E-state index contributed by atoms with van der Waals surface area (Å²) >= 11 is 1.17. The molecule has 0 aliphatic heterocycles. The van der Waals surface area contributed by atoms with Crippen LogP contribution in [0.2, 0.25) is 0 Å². The van der Waals surface area contributed by atoms with Crippen molar-refractivity contribution in [3.05, 3.63) is 57.8 Å². The summed E-state index contributed by atoms with van der Waals surface area (Å²) < 4.78 is 10.5. The molecule has 0 N–H and O–H groups in total. The van der Waals surface area contributed by atoms with Crippen molar-refractivity contribution >= 4 is 23.3 Å². The van der Waals surface area contributed by atoms with Gasteiger partial charge < -0.3 is 9.47 Å². The lowest BCUT2D eigenvalue weighted by molar-refractivity contribution is 0.00701. The van der Waals surface area contributed by atoms with Crippen LogP contribution in [-0.4, -0.2) is 17.5 Å². The van der Waals surface area contributed by atoms with Crippen LogP contribution in [0.25, 0.3) is 0 Å². The van der Waals surface area contributed by atoms with Crippen LogP contribution >= 0.6 is 11.3 Å². The molecular formula is C17H18O4S. The fourth-order valence-electron chi connectivity index (χ4n) is 1.68. The molecule has 22 heavy (non-hydrogen) atoms. The van der Waals surface area contributed by atoms with Crippen molar-refractivity contribution in [2.24, 2.45) is 0 Å². The standard InChI is InChI=1S/C17H18O4S/c1-17(2,3)21-15(18)13-9-14(22-11-13)16(19)20-10-12-7-5-4-6-8-12/h4-9,11H,10H2,1-3H3. The van der Waals surface area contributed by atoms with E-state index in [0.717, 1.165) is 5.56 Å². The van der Waals surface area contributed by atoms with Gasteiger partial charge in [0.1, 0.15) is 17.1 Å². The van der Waals surface area contributed by atoms with Crippen LogP contribution in [0, 0.1) is 0 Å². The molecule has 1 heterocycles. The third-order valence-electron chi connectivity index (χ3n) is 2.65. The van der Waals surface area contributed by atoms with Crippen molar-refractivity contribution in [3.8, 4) is 0 Å². The minimum absolute atomic E-state index is 0.208. The van der Waals surface area contributed by atoms with E-state index < -0.39 is 17.5 Å². The maximum absolute atomic E-state index is 12.0. The van der Waals surface area contributed by atoms with Crippen molar-refractivity contribution in [1.82, 2.24) is 0 Å². The molecule has 4 nitrogen and oxygen atoms in total. The minimum Gasteiger partial charge on any atom is -0.457 e. The number of carbonyl (C=O) groups is 2. The van der Waals surface area contributed by atoms with Gasteiger partial charge in [-0.2, -0.15) is 0 Å². The van der Waals surface area contributed by atoms with Gasteiger partial charge in [0, 0.05) is 5.38 Å². The first-order valence-electron chi connectivity index (χ1n) is 6.88. The van der Waals surface area contributed by atoms with Crippen LogP contribution in [-0.2, 0) is 16.1 Å². The second-order valence-electron chi connectivity index (χ2n) is 5.76. The summed E-state index contributed by atoms with van der Waals surface area (Å²) in [6.45, 7) is 5.60. The first-order valence-corrected chi connectivity index (χ1v) is 7.76. The molecule has 0 aliphatic carbocycles. The van der Waals surface area contributed by atoms with Crippen LogP contribution in [0.3, 0.4) is 0 Å². The molecule has 0 spiro atoms. The number of benzene rings is 1. The van der Waals surface area contributed by atoms with Gasteiger partial charge in [-0.1, -0.05) is 30.3 Å². The highest BCUT2D eigenvalue weighted by Gasteiger charge is 2.20. The Morgan fingerprint density at radius 2 is 1.77 bits per heavy atom. The largest absolute Gasteiger partial charge is 0.457 e. The summed E-state index contributed by atoms with van der Waals surface area (Å²) in [7, 11) is 0. The SMILES string of the molecule is CC(C)(C)OC(=O)c1csc(C(=O)OCc2ccccc2)c1. The highest BCUT2D eigenvalue weighted by Crippen LogP contribution is 2.19. The minimum atomic E-state index is -0.562. The number of thiophene rings is 1. The predicted octanol–water partition coefficient (Wildman–Crippen LogP) is 4.06. The molecule has 2 rings (SSSR count). The van der Waals surface area contributed by atoms with Gasteiger partial charge in [-0.25, -0.2) is 9.59 Å². The van der Waals surface area contributed by atoms with Gasteiger partial charge in [-0.3, -0.25) is 0 Å². The molecule has 0 unspecified atom stereocenters. The highest BCUT2D eigenvalue weighted by atomic mass is 32.1. The van der Waals surface area contributed by atoms with E-state index in [2.05, 4.69) is 0 Å². The van der Waals surface area contributed by atoms with Crippen molar-refractivity contribution in [1.29, 1.82) is 0 Å². The van der Waals surface area contributed by atoms with Crippen molar-refractivity contribution in [3.63, 3.8) is 0 Å². The van der Waals surface area contributed by atoms with E-state index >= 15 is 0 Å². The number of rotatable bonds is 4. The van der Waals surface area contributed by atoms with Crippen LogP contribution in [0.15, 0.2) is 41.8 Å². The van der Waals surface area contributed by atoms with E-state index in [9.17, 15) is 9.59 Å². The third kappa shape index (κ3) is 4.70. The molecule has 0 amide bonds. The zero-order valence-corrected chi connectivity index (χ0v) is 13.6. The maximum atomic E-state index is 12.0. The molecule has 2 aromatic rings. The molecule has 0 saturated carbocycles. The average Bonchev–Trinajstić information content (AvgIpc) is 2.94. The van der Waals surface area contributed by atoms with Crippen LogP contribution in [0.1, 0.15) is 46.4 Å².